The first-order valence-corrected chi connectivity index (χ1v) is 11.0. The van der Waals surface area contributed by atoms with Crippen molar-refractivity contribution in [3.8, 4) is 5.88 Å². The lowest BCUT2D eigenvalue weighted by atomic mass is 10.2. The Labute approximate surface area is 181 Å². The first kappa shape index (κ1) is 20.9. The van der Waals surface area contributed by atoms with Crippen LogP contribution in [0.25, 0.3) is 0 Å². The van der Waals surface area contributed by atoms with Gasteiger partial charge in [0.2, 0.25) is 5.82 Å². The average molecular weight is 503 g/mol. The topological polar surface area (TPSA) is 81.2 Å². The summed E-state index contributed by atoms with van der Waals surface area (Å²) < 4.78 is 34.3. The second kappa shape index (κ2) is 8.65. The summed E-state index contributed by atoms with van der Waals surface area (Å²) in [7, 11) is -4.05. The number of aryl methyl sites for hydroxylation is 1. The van der Waals surface area contributed by atoms with Crippen LogP contribution in [0, 0.1) is 6.92 Å². The van der Waals surface area contributed by atoms with Gasteiger partial charge in [0, 0.05) is 5.02 Å². The van der Waals surface area contributed by atoms with Gasteiger partial charge in [0.1, 0.15) is 16.1 Å². The standard InChI is InChI=1S/C18H14BrCl2N3O3S/c1-11-7-13(20)8-14(21)16(11)28(25,26)24-17-18(23-15(19)9-22-17)27-10-12-5-3-2-4-6-12/h2-9H,10H2,1H3,(H,22,24). The van der Waals surface area contributed by atoms with Crippen molar-refractivity contribution in [2.45, 2.75) is 18.4 Å². The number of nitrogens with one attached hydrogen (secondary N) is 1. The molecule has 0 unspecified atom stereocenters. The molecule has 0 aliphatic heterocycles. The number of halogens is 3. The molecule has 0 aliphatic rings. The van der Waals surface area contributed by atoms with E-state index in [9.17, 15) is 8.42 Å². The lowest BCUT2D eigenvalue weighted by Crippen LogP contribution is -2.17. The normalized spacial score (nSPS) is 11.3. The van der Waals surface area contributed by atoms with Crippen LogP contribution in [0.2, 0.25) is 10.0 Å². The summed E-state index contributed by atoms with van der Waals surface area (Å²) >= 11 is 15.3. The highest BCUT2D eigenvalue weighted by molar-refractivity contribution is 9.10. The molecule has 2 aromatic carbocycles. The van der Waals surface area contributed by atoms with Crippen molar-refractivity contribution < 1.29 is 13.2 Å². The number of anilines is 1. The van der Waals surface area contributed by atoms with E-state index in [1.54, 1.807) is 6.92 Å². The number of hydrogen-bond acceptors (Lipinski definition) is 5. The maximum atomic E-state index is 12.9. The third-order valence-electron chi connectivity index (χ3n) is 3.62. The fourth-order valence-corrected chi connectivity index (χ4v) is 4.91. The maximum absolute atomic E-state index is 12.9. The quantitative estimate of drug-likeness (QED) is 0.498. The van der Waals surface area contributed by atoms with Crippen molar-refractivity contribution in [2.75, 3.05) is 4.72 Å². The Balaban J connectivity index is 1.92. The second-order valence-corrected chi connectivity index (χ2v) is 9.04. The third-order valence-corrected chi connectivity index (χ3v) is 6.18. The predicted molar refractivity (Wildman–Crippen MR) is 113 cm³/mol. The van der Waals surface area contributed by atoms with Gasteiger partial charge in [0.05, 0.1) is 11.2 Å². The predicted octanol–water partition coefficient (Wildman–Crippen LogP) is 5.23. The molecule has 0 fully saturated rings. The number of benzene rings is 2. The molecule has 0 spiro atoms. The molecule has 0 amide bonds. The summed E-state index contributed by atoms with van der Waals surface area (Å²) in [5.74, 6) is -0.0194. The van der Waals surface area contributed by atoms with Gasteiger partial charge in [-0.15, -0.1) is 0 Å². The van der Waals surface area contributed by atoms with Gasteiger partial charge >= 0.3 is 0 Å². The zero-order valence-electron chi connectivity index (χ0n) is 14.5. The van der Waals surface area contributed by atoms with Crippen LogP contribution in [0.4, 0.5) is 5.82 Å². The molecule has 1 heterocycles. The van der Waals surface area contributed by atoms with Crippen molar-refractivity contribution in [2.24, 2.45) is 0 Å². The number of aromatic nitrogens is 2. The summed E-state index contributed by atoms with van der Waals surface area (Å²) in [6.07, 6.45) is 1.36. The summed E-state index contributed by atoms with van der Waals surface area (Å²) in [6, 6.07) is 12.3. The van der Waals surface area contributed by atoms with Gasteiger partial charge in [-0.3, -0.25) is 4.72 Å². The van der Waals surface area contributed by atoms with E-state index in [4.69, 9.17) is 27.9 Å². The van der Waals surface area contributed by atoms with Crippen LogP contribution in [-0.2, 0) is 16.6 Å². The monoisotopic (exact) mass is 501 g/mol. The SMILES string of the molecule is Cc1cc(Cl)cc(Cl)c1S(=O)(=O)Nc1ncc(Br)nc1OCc1ccccc1. The molecule has 3 rings (SSSR count). The van der Waals surface area contributed by atoms with Crippen LogP contribution >= 0.6 is 39.1 Å². The number of sulfonamides is 1. The molecule has 0 bridgehead atoms. The first-order valence-electron chi connectivity index (χ1n) is 7.94. The molecular formula is C18H14BrCl2N3O3S. The highest BCUT2D eigenvalue weighted by Crippen LogP contribution is 2.32. The summed E-state index contributed by atoms with van der Waals surface area (Å²) in [5.41, 5.74) is 1.30. The highest BCUT2D eigenvalue weighted by Gasteiger charge is 2.24. The Bertz CT molecular complexity index is 1090. The molecule has 0 radical (unpaired) electrons. The average Bonchev–Trinajstić information content (AvgIpc) is 2.61. The van der Waals surface area contributed by atoms with Gasteiger partial charge in [-0.1, -0.05) is 53.5 Å². The van der Waals surface area contributed by atoms with E-state index in [2.05, 4.69) is 30.6 Å². The van der Waals surface area contributed by atoms with Crippen LogP contribution in [0.1, 0.15) is 11.1 Å². The van der Waals surface area contributed by atoms with Crippen LogP contribution in [0.5, 0.6) is 5.88 Å². The Morgan fingerprint density at radius 2 is 1.89 bits per heavy atom. The van der Waals surface area contributed by atoms with Crippen molar-refractivity contribution in [1.82, 2.24) is 9.97 Å². The van der Waals surface area contributed by atoms with Crippen molar-refractivity contribution in [3.05, 3.63) is 74.4 Å². The molecule has 0 atom stereocenters. The van der Waals surface area contributed by atoms with Gasteiger partial charge in [-0.25, -0.2) is 18.4 Å². The number of rotatable bonds is 6. The molecule has 0 saturated heterocycles. The first-order chi connectivity index (χ1) is 13.3. The highest BCUT2D eigenvalue weighted by atomic mass is 79.9. The van der Waals surface area contributed by atoms with E-state index in [1.165, 1.54) is 18.3 Å². The van der Waals surface area contributed by atoms with E-state index in [0.717, 1.165) is 5.56 Å². The smallest absolute Gasteiger partial charge is 0.264 e. The van der Waals surface area contributed by atoms with Crippen LogP contribution < -0.4 is 9.46 Å². The van der Waals surface area contributed by atoms with Crippen molar-refractivity contribution in [3.63, 3.8) is 0 Å². The lowest BCUT2D eigenvalue weighted by molar-refractivity contribution is 0.294. The molecule has 3 aromatic rings. The lowest BCUT2D eigenvalue weighted by Gasteiger charge is -2.14. The van der Waals surface area contributed by atoms with Gasteiger partial charge in [0.25, 0.3) is 15.9 Å². The molecule has 6 nitrogen and oxygen atoms in total. The van der Waals surface area contributed by atoms with E-state index in [0.29, 0.717) is 15.2 Å². The molecule has 10 heteroatoms. The van der Waals surface area contributed by atoms with Crippen molar-refractivity contribution >= 4 is 55.0 Å². The van der Waals surface area contributed by atoms with Crippen LogP contribution in [0.15, 0.2) is 58.2 Å². The van der Waals surface area contributed by atoms with Gasteiger partial charge in [0.15, 0.2) is 0 Å². The number of ether oxygens (including phenoxy) is 1. The van der Waals surface area contributed by atoms with E-state index < -0.39 is 10.0 Å². The Kier molecular flexibility index (Phi) is 6.44. The van der Waals surface area contributed by atoms with Gasteiger partial charge < -0.3 is 4.74 Å². The minimum Gasteiger partial charge on any atom is -0.470 e. The maximum Gasteiger partial charge on any atom is 0.264 e. The fraction of sp³-hybridized carbons (Fsp3) is 0.111. The Morgan fingerprint density at radius 3 is 2.57 bits per heavy atom. The zero-order valence-corrected chi connectivity index (χ0v) is 18.4. The summed E-state index contributed by atoms with van der Waals surface area (Å²) in [5, 5.41) is 0.353. The minimum atomic E-state index is -4.05. The second-order valence-electron chi connectivity index (χ2n) is 5.76. The van der Waals surface area contributed by atoms with Gasteiger partial charge in [-0.2, -0.15) is 0 Å². The molecule has 0 saturated carbocycles. The molecule has 1 aromatic heterocycles. The molecule has 0 aliphatic carbocycles. The third kappa shape index (κ3) is 4.94. The Morgan fingerprint density at radius 1 is 1.18 bits per heavy atom. The molecule has 28 heavy (non-hydrogen) atoms. The summed E-state index contributed by atoms with van der Waals surface area (Å²) in [4.78, 5) is 8.17. The van der Waals surface area contributed by atoms with Crippen molar-refractivity contribution in [1.29, 1.82) is 0 Å². The fourth-order valence-electron chi connectivity index (χ4n) is 2.46. The Hall–Kier alpha value is -1.87. The number of nitrogens with zero attached hydrogens (tertiary/aromatic N) is 2. The zero-order chi connectivity index (χ0) is 20.3. The number of hydrogen-bond donors (Lipinski definition) is 1. The van der Waals surface area contributed by atoms with Gasteiger partial charge in [-0.05, 0) is 46.1 Å². The minimum absolute atomic E-state index is 0.00863. The largest absolute Gasteiger partial charge is 0.470 e. The molecule has 146 valence electrons. The van der Waals surface area contributed by atoms with E-state index >= 15 is 0 Å². The summed E-state index contributed by atoms with van der Waals surface area (Å²) in [6.45, 7) is 1.80. The van der Waals surface area contributed by atoms with Crippen LogP contribution in [-0.4, -0.2) is 18.4 Å². The molecular weight excluding hydrogens is 489 g/mol. The van der Waals surface area contributed by atoms with Crippen LogP contribution in [0.3, 0.4) is 0 Å². The molecule has 1 N–H and O–H groups in total. The van der Waals surface area contributed by atoms with E-state index in [1.807, 2.05) is 30.3 Å². The van der Waals surface area contributed by atoms with E-state index in [-0.39, 0.29) is 28.2 Å².